The Bertz CT molecular complexity index is 2920. The summed E-state index contributed by atoms with van der Waals surface area (Å²) in [5.41, 5.74) is 13.1. The second kappa shape index (κ2) is 59.0. The number of Topliss-reactive ketones (excluding diaryl/α,β-unsaturated/α-hetero) is 5. The minimum Gasteiger partial charge on any atom is -0.480 e. The van der Waals surface area contributed by atoms with E-state index >= 15 is 0 Å². The van der Waals surface area contributed by atoms with Crippen molar-refractivity contribution in [3.05, 3.63) is 35.4 Å². The Kier molecular flexibility index (Phi) is 54.0. The van der Waals surface area contributed by atoms with E-state index in [9.17, 15) is 76.2 Å². The minimum atomic E-state index is -3.87. The number of hydrogen-bond donors (Lipinski definition) is 12. The molecule has 1 rings (SSSR count). The van der Waals surface area contributed by atoms with Gasteiger partial charge >= 0.3 is 11.9 Å². The number of primary amides is 1. The predicted octanol–water partition coefficient (Wildman–Crippen LogP) is 4.56. The lowest BCUT2D eigenvalue weighted by atomic mass is 9.89. The molecule has 0 aliphatic carbocycles. The van der Waals surface area contributed by atoms with Gasteiger partial charge in [0, 0.05) is 64.1 Å². The van der Waals surface area contributed by atoms with E-state index in [0.29, 0.717) is 51.4 Å². The number of ether oxygens (including phenoxy) is 4. The summed E-state index contributed by atoms with van der Waals surface area (Å²) in [6.45, 7) is 7.27. The van der Waals surface area contributed by atoms with Crippen LogP contribution in [0.3, 0.4) is 0 Å². The SMILES string of the molecule is Cc1ccc(C[C@H](CC(=O)[C@H](CCCCC(=N)N)N(C)CC(=O)[C@H](C)NC(=O)C[C@@H](NCC(=O)[C@H](CCCCNC(=O)COCCOCCCC(=O)COCCOCCNC(=O)CC[C@H](NC(=O)CCCCCCCCCCCCCCCS(=O)(=O)O)C(=O)O)NCC(=O)CC(C)C)C(=O)O)C(N)=O)cc1. The van der Waals surface area contributed by atoms with E-state index in [2.05, 4.69) is 31.9 Å². The van der Waals surface area contributed by atoms with Gasteiger partial charge in [-0.05, 0) is 96.6 Å². The smallest absolute Gasteiger partial charge is 0.326 e. The van der Waals surface area contributed by atoms with Gasteiger partial charge in [-0.3, -0.25) is 72.9 Å². The molecule has 1 aromatic carbocycles. The van der Waals surface area contributed by atoms with Gasteiger partial charge in [0.05, 0.1) is 88.8 Å². The van der Waals surface area contributed by atoms with Crippen LogP contribution in [-0.4, -0.2) is 233 Å². The molecule has 0 aliphatic heterocycles. The van der Waals surface area contributed by atoms with Crippen LogP contribution in [-0.2, 0) is 93.0 Å². The fourth-order valence-electron chi connectivity index (χ4n) is 11.4. The second-order valence-corrected chi connectivity index (χ2v) is 29.3. The molecule has 1 aromatic rings. The van der Waals surface area contributed by atoms with Gasteiger partial charge in [-0.25, -0.2) is 4.79 Å². The third-order valence-corrected chi connectivity index (χ3v) is 18.3. The van der Waals surface area contributed by atoms with Gasteiger partial charge in [0.15, 0.2) is 23.1 Å². The lowest BCUT2D eigenvalue weighted by Gasteiger charge is -2.29. The topological polar surface area (TPSA) is 488 Å². The molecule has 5 amide bonds. The zero-order chi connectivity index (χ0) is 79.1. The van der Waals surface area contributed by atoms with E-state index in [1.54, 1.807) is 7.05 Å². The van der Waals surface area contributed by atoms with Gasteiger partial charge in [-0.15, -0.1) is 0 Å². The number of carbonyl (C=O) groups is 12. The molecule has 32 heteroatoms. The molecule has 0 aliphatic rings. The Morgan fingerprint density at radius 3 is 1.66 bits per heavy atom. The van der Waals surface area contributed by atoms with Crippen LogP contribution >= 0.6 is 0 Å². The number of likely N-dealkylation sites (N-methyl/N-ethyl adjacent to an activating group) is 1. The summed E-state index contributed by atoms with van der Waals surface area (Å²) in [4.78, 5) is 155. The highest BCUT2D eigenvalue weighted by Gasteiger charge is 2.32. The maximum Gasteiger partial charge on any atom is 0.326 e. The van der Waals surface area contributed by atoms with E-state index in [1.807, 2.05) is 45.0 Å². The number of ketones is 5. The van der Waals surface area contributed by atoms with Crippen molar-refractivity contribution in [3.63, 3.8) is 0 Å². The van der Waals surface area contributed by atoms with Crippen molar-refractivity contribution >= 4 is 86.3 Å². The highest BCUT2D eigenvalue weighted by atomic mass is 32.2. The van der Waals surface area contributed by atoms with Crippen molar-refractivity contribution in [3.8, 4) is 0 Å². The molecular formula is C74H126N10O21S. The molecule has 0 radical (unpaired) electrons. The molecule has 0 fully saturated rings. The number of nitrogens with two attached hydrogens (primary N) is 2. The number of carboxylic acids is 2. The molecule has 0 aromatic heterocycles. The van der Waals surface area contributed by atoms with Crippen molar-refractivity contribution in [1.29, 1.82) is 5.41 Å². The number of nitrogens with one attached hydrogen (secondary N) is 7. The first kappa shape index (κ1) is 97.0. The summed E-state index contributed by atoms with van der Waals surface area (Å²) in [7, 11) is -2.30. The fraction of sp³-hybridized carbons (Fsp3) is 0.743. The van der Waals surface area contributed by atoms with E-state index in [-0.39, 0.29) is 183 Å². The van der Waals surface area contributed by atoms with Crippen molar-refractivity contribution < 1.29 is 99.7 Å². The zero-order valence-corrected chi connectivity index (χ0v) is 64.3. The molecule has 604 valence electrons. The average molecular weight is 1520 g/mol. The number of unbranched alkanes of at least 4 members (excludes halogenated alkanes) is 14. The van der Waals surface area contributed by atoms with E-state index in [0.717, 1.165) is 81.8 Å². The molecule has 0 heterocycles. The monoisotopic (exact) mass is 1520 g/mol. The molecule has 0 bridgehead atoms. The lowest BCUT2D eigenvalue weighted by Crippen LogP contribution is -2.50. The van der Waals surface area contributed by atoms with Crippen LogP contribution in [0.15, 0.2) is 24.3 Å². The number of benzene rings is 1. The Morgan fingerprint density at radius 2 is 1.07 bits per heavy atom. The van der Waals surface area contributed by atoms with Gasteiger partial charge in [-0.2, -0.15) is 8.42 Å². The van der Waals surface area contributed by atoms with Crippen LogP contribution in [0, 0.1) is 24.2 Å². The molecule has 106 heavy (non-hydrogen) atoms. The number of amidine groups is 1. The number of nitrogens with zero attached hydrogens (tertiary/aromatic N) is 1. The highest BCUT2D eigenvalue weighted by molar-refractivity contribution is 7.85. The van der Waals surface area contributed by atoms with Gasteiger partial charge in [-0.1, -0.05) is 121 Å². The van der Waals surface area contributed by atoms with Crippen LogP contribution < -0.4 is 43.4 Å². The molecule has 0 unspecified atom stereocenters. The first-order valence-electron chi connectivity index (χ1n) is 37.7. The van der Waals surface area contributed by atoms with E-state index in [4.69, 9.17) is 40.4 Å². The first-order chi connectivity index (χ1) is 50.4. The molecule has 0 spiro atoms. The highest BCUT2D eigenvalue weighted by Crippen LogP contribution is 2.20. The van der Waals surface area contributed by atoms with Crippen molar-refractivity contribution in [2.75, 3.05) is 98.4 Å². The molecule has 31 nitrogen and oxygen atoms in total. The summed E-state index contributed by atoms with van der Waals surface area (Å²) >= 11 is 0. The molecule has 0 saturated heterocycles. The third kappa shape index (κ3) is 52.9. The maximum absolute atomic E-state index is 13.9. The number of aliphatic carboxylic acids is 2. The summed E-state index contributed by atoms with van der Waals surface area (Å²) in [6.07, 6.45) is 15.4. The Labute approximate surface area is 626 Å². The van der Waals surface area contributed by atoms with E-state index < -0.39 is 100 Å². The van der Waals surface area contributed by atoms with Gasteiger partial charge in [0.25, 0.3) is 10.1 Å². The first-order valence-corrected chi connectivity index (χ1v) is 39.3. The lowest BCUT2D eigenvalue weighted by molar-refractivity contribution is -0.142. The maximum atomic E-state index is 13.9. The van der Waals surface area contributed by atoms with E-state index in [1.165, 1.54) is 11.8 Å². The second-order valence-electron chi connectivity index (χ2n) is 27.7. The predicted molar refractivity (Wildman–Crippen MR) is 399 cm³/mol. The van der Waals surface area contributed by atoms with Crippen molar-refractivity contribution in [1.82, 2.24) is 36.8 Å². The average Bonchev–Trinajstić information content (AvgIpc) is 0.842. The van der Waals surface area contributed by atoms with Crippen molar-refractivity contribution in [2.24, 2.45) is 23.3 Å². The van der Waals surface area contributed by atoms with Gasteiger partial charge in [0.2, 0.25) is 29.5 Å². The Morgan fingerprint density at radius 1 is 0.509 bits per heavy atom. The summed E-state index contributed by atoms with van der Waals surface area (Å²) < 4.78 is 52.0. The third-order valence-electron chi connectivity index (χ3n) is 17.5. The fourth-order valence-corrected chi connectivity index (χ4v) is 12.0. The zero-order valence-electron chi connectivity index (χ0n) is 63.5. The molecule has 0 saturated carbocycles. The number of hydrogen-bond acceptors (Lipinski definition) is 22. The van der Waals surface area contributed by atoms with Crippen LogP contribution in [0.25, 0.3) is 0 Å². The summed E-state index contributed by atoms with van der Waals surface area (Å²) in [5.74, 6) is -7.74. The summed E-state index contributed by atoms with van der Waals surface area (Å²) in [5, 5.41) is 43.3. The largest absolute Gasteiger partial charge is 0.480 e. The van der Waals surface area contributed by atoms with Gasteiger partial charge < -0.3 is 67.2 Å². The number of carboxylic acid groups (broad SMARTS) is 2. The standard InChI is InChI=1S/C74H126N10O21S/c1-53(2)44-59(86)48-80-60(65(88)49-81-62(74(97)98)47-70(92)82-55(4)66(89)50-84(5)63(26-18-19-27-67(75)76)64(87)46-57(72(77)94)45-56-31-29-54(3)30-32-56)25-20-21-35-78-71(93)52-105-42-39-102-37-23-24-58(85)51-104-41-40-103-38-36-79-68(90)34-33-61(73(95)96)83-69(91)28-17-15-13-11-9-7-6-8-10-12-14-16-22-43-106(99,100)101/h29-32,53,55,57,60-63,80-81H,6-28,33-52H2,1-5H3,(H3,75,76)(H2,77,94)(H,78,93)(H,79,90)(H,82,92)(H,83,91)(H,95,96)(H,97,98)(H,99,100,101)/t55-,57+,60-,61-,62+,63-/m0/s1. The number of carbonyl (C=O) groups excluding carboxylic acids is 10. The molecule has 6 atom stereocenters. The van der Waals surface area contributed by atoms with Gasteiger partial charge in [0.1, 0.15) is 31.1 Å². The quantitative estimate of drug-likeness (QED) is 0.0184. The Balaban J connectivity index is 2.36. The van der Waals surface area contributed by atoms with Crippen LogP contribution in [0.5, 0.6) is 0 Å². The Hall–Kier alpha value is -7.04. The van der Waals surface area contributed by atoms with Crippen LogP contribution in [0.4, 0.5) is 0 Å². The number of aryl methyl sites for hydroxylation is 1. The minimum absolute atomic E-state index is 0.0108. The number of amides is 5. The van der Waals surface area contributed by atoms with Crippen LogP contribution in [0.2, 0.25) is 0 Å². The number of rotatable bonds is 71. The van der Waals surface area contributed by atoms with Crippen molar-refractivity contribution in [2.45, 2.75) is 244 Å². The summed E-state index contributed by atoms with van der Waals surface area (Å²) in [6, 6.07) is 1.95. The molecular weight excluding hydrogens is 1400 g/mol. The normalized spacial score (nSPS) is 13.2. The molecule has 14 N–H and O–H groups in total. The van der Waals surface area contributed by atoms with Crippen LogP contribution in [0.1, 0.15) is 212 Å².